The lowest BCUT2D eigenvalue weighted by Gasteiger charge is -2.04. The molecule has 0 aromatic carbocycles. The van der Waals surface area contributed by atoms with E-state index >= 15 is 0 Å². The molecule has 0 aliphatic carbocycles. The minimum absolute atomic E-state index is 0.0152. The van der Waals surface area contributed by atoms with Crippen molar-refractivity contribution in [2.45, 2.75) is 6.54 Å². The number of aliphatic hydroxyl groups is 1. The molecule has 0 spiro atoms. The molecule has 0 fully saturated rings. The second-order valence-electron chi connectivity index (χ2n) is 2.70. The second-order valence-corrected chi connectivity index (χ2v) is 2.70. The van der Waals surface area contributed by atoms with E-state index in [0.717, 1.165) is 10.8 Å². The van der Waals surface area contributed by atoms with Crippen molar-refractivity contribution in [2.24, 2.45) is 10.9 Å². The van der Waals surface area contributed by atoms with Crippen LogP contribution >= 0.6 is 0 Å². The summed E-state index contributed by atoms with van der Waals surface area (Å²) in [5.74, 6) is -0.400. The average molecular weight is 214 g/mol. The van der Waals surface area contributed by atoms with Crippen LogP contribution < -0.4 is 17.0 Å². The van der Waals surface area contributed by atoms with Gasteiger partial charge < -0.3 is 16.0 Å². The molecule has 1 rings (SSSR count). The van der Waals surface area contributed by atoms with Crippen LogP contribution in [0.1, 0.15) is 5.56 Å². The monoisotopic (exact) mass is 214 g/mol. The van der Waals surface area contributed by atoms with E-state index in [1.807, 2.05) is 4.98 Å². The maximum atomic E-state index is 11.2. The molecule has 15 heavy (non-hydrogen) atoms. The standard InChI is InChI=1S/C7H10N4O4/c8-5(10-15)4-3-11(1-2-12)7(14)9-6(4)13/h3,12,15H,1-2H2,(H2,8,10)(H,9,13,14). The van der Waals surface area contributed by atoms with Crippen molar-refractivity contribution < 1.29 is 10.3 Å². The molecule has 0 radical (unpaired) electrons. The summed E-state index contributed by atoms with van der Waals surface area (Å²) in [6.07, 6.45) is 1.12. The summed E-state index contributed by atoms with van der Waals surface area (Å²) in [4.78, 5) is 24.3. The smallest absolute Gasteiger partial charge is 0.328 e. The Kier molecular flexibility index (Phi) is 3.24. The molecule has 0 aliphatic rings. The summed E-state index contributed by atoms with van der Waals surface area (Å²) < 4.78 is 1.05. The Bertz CT molecular complexity index is 486. The van der Waals surface area contributed by atoms with Gasteiger partial charge in [-0.2, -0.15) is 0 Å². The van der Waals surface area contributed by atoms with Crippen LogP contribution in [-0.2, 0) is 6.54 Å². The van der Waals surface area contributed by atoms with Gasteiger partial charge in [0.05, 0.1) is 13.2 Å². The van der Waals surface area contributed by atoms with Crippen LogP contribution in [0, 0.1) is 0 Å². The Hall–Kier alpha value is -2.09. The number of nitrogens with one attached hydrogen (secondary N) is 1. The predicted molar refractivity (Wildman–Crippen MR) is 50.9 cm³/mol. The van der Waals surface area contributed by atoms with Crippen LogP contribution in [0.15, 0.2) is 20.9 Å². The molecular weight excluding hydrogens is 204 g/mol. The highest BCUT2D eigenvalue weighted by Gasteiger charge is 2.08. The van der Waals surface area contributed by atoms with Gasteiger partial charge >= 0.3 is 5.69 Å². The zero-order valence-corrected chi connectivity index (χ0v) is 7.67. The number of oxime groups is 1. The van der Waals surface area contributed by atoms with E-state index < -0.39 is 17.1 Å². The molecule has 0 saturated heterocycles. The first kappa shape index (κ1) is 11.0. The fourth-order valence-electron chi connectivity index (χ4n) is 1.02. The summed E-state index contributed by atoms with van der Waals surface area (Å²) >= 11 is 0. The number of rotatable bonds is 3. The van der Waals surface area contributed by atoms with Crippen LogP contribution in [0.2, 0.25) is 0 Å². The van der Waals surface area contributed by atoms with E-state index in [9.17, 15) is 9.59 Å². The molecule has 8 nitrogen and oxygen atoms in total. The van der Waals surface area contributed by atoms with Crippen LogP contribution in [0.5, 0.6) is 0 Å². The SMILES string of the molecule is NC(=NO)c1cn(CCO)c(=O)[nH]c1=O. The average Bonchev–Trinajstić information content (AvgIpc) is 2.21. The van der Waals surface area contributed by atoms with Gasteiger partial charge in [-0.1, -0.05) is 5.16 Å². The van der Waals surface area contributed by atoms with Crippen molar-refractivity contribution in [3.63, 3.8) is 0 Å². The van der Waals surface area contributed by atoms with E-state index in [1.54, 1.807) is 0 Å². The molecule has 1 aromatic heterocycles. The van der Waals surface area contributed by atoms with Gasteiger partial charge in [-0.05, 0) is 0 Å². The van der Waals surface area contributed by atoms with E-state index in [-0.39, 0.29) is 18.7 Å². The Morgan fingerprint density at radius 3 is 2.80 bits per heavy atom. The molecule has 1 aromatic rings. The number of amidine groups is 1. The lowest BCUT2D eigenvalue weighted by Crippen LogP contribution is -2.35. The fourth-order valence-corrected chi connectivity index (χ4v) is 1.02. The van der Waals surface area contributed by atoms with Gasteiger partial charge in [0.25, 0.3) is 5.56 Å². The van der Waals surface area contributed by atoms with E-state index in [2.05, 4.69) is 5.16 Å². The Labute approximate surface area is 83.3 Å². The number of nitrogens with zero attached hydrogens (tertiary/aromatic N) is 2. The first-order valence-corrected chi connectivity index (χ1v) is 4.02. The molecule has 0 bridgehead atoms. The fraction of sp³-hybridized carbons (Fsp3) is 0.286. The largest absolute Gasteiger partial charge is 0.409 e. The zero-order chi connectivity index (χ0) is 11.4. The van der Waals surface area contributed by atoms with E-state index in [0.29, 0.717) is 0 Å². The van der Waals surface area contributed by atoms with Gasteiger partial charge in [-0.15, -0.1) is 0 Å². The number of hydrogen-bond donors (Lipinski definition) is 4. The summed E-state index contributed by atoms with van der Waals surface area (Å²) in [7, 11) is 0. The highest BCUT2D eigenvalue weighted by molar-refractivity contribution is 5.96. The van der Waals surface area contributed by atoms with E-state index in [4.69, 9.17) is 16.0 Å². The van der Waals surface area contributed by atoms with Gasteiger partial charge in [0.2, 0.25) is 0 Å². The lowest BCUT2D eigenvalue weighted by atomic mass is 10.3. The number of aromatic amines is 1. The molecular formula is C7H10N4O4. The Morgan fingerprint density at radius 1 is 1.60 bits per heavy atom. The van der Waals surface area contributed by atoms with Crippen LogP contribution in [0.3, 0.4) is 0 Å². The second kappa shape index (κ2) is 4.42. The minimum Gasteiger partial charge on any atom is -0.409 e. The third-order valence-electron chi connectivity index (χ3n) is 1.74. The van der Waals surface area contributed by atoms with Crippen molar-refractivity contribution in [3.05, 3.63) is 32.6 Å². The number of hydrogen-bond acceptors (Lipinski definition) is 5. The topological polar surface area (TPSA) is 134 Å². The predicted octanol–water partition coefficient (Wildman–Crippen LogP) is -2.38. The Balaban J connectivity index is 3.36. The quantitative estimate of drug-likeness (QED) is 0.193. The van der Waals surface area contributed by atoms with E-state index in [1.165, 1.54) is 0 Å². The number of H-pyrrole nitrogens is 1. The molecule has 82 valence electrons. The van der Waals surface area contributed by atoms with Gasteiger partial charge in [-0.3, -0.25) is 14.3 Å². The number of aromatic nitrogens is 2. The maximum Gasteiger partial charge on any atom is 0.328 e. The molecule has 5 N–H and O–H groups in total. The highest BCUT2D eigenvalue weighted by atomic mass is 16.4. The summed E-state index contributed by atoms with van der Waals surface area (Å²) in [5.41, 5.74) is 3.67. The molecule has 0 amide bonds. The molecule has 0 aliphatic heterocycles. The molecule has 0 saturated carbocycles. The molecule has 1 heterocycles. The minimum atomic E-state index is -0.746. The number of aliphatic hydroxyl groups excluding tert-OH is 1. The highest BCUT2D eigenvalue weighted by Crippen LogP contribution is 1.87. The first-order chi connectivity index (χ1) is 7.10. The van der Waals surface area contributed by atoms with Crippen molar-refractivity contribution in [3.8, 4) is 0 Å². The van der Waals surface area contributed by atoms with Gasteiger partial charge in [0, 0.05) is 6.20 Å². The van der Waals surface area contributed by atoms with Crippen molar-refractivity contribution in [1.29, 1.82) is 0 Å². The summed E-state index contributed by atoms with van der Waals surface area (Å²) in [5, 5.41) is 19.7. The summed E-state index contributed by atoms with van der Waals surface area (Å²) in [6.45, 7) is -0.247. The lowest BCUT2D eigenvalue weighted by molar-refractivity contribution is 0.273. The van der Waals surface area contributed by atoms with Crippen LogP contribution in [0.4, 0.5) is 0 Å². The maximum absolute atomic E-state index is 11.2. The summed E-state index contributed by atoms with van der Waals surface area (Å²) in [6, 6.07) is 0. The third-order valence-corrected chi connectivity index (χ3v) is 1.74. The first-order valence-electron chi connectivity index (χ1n) is 4.02. The van der Waals surface area contributed by atoms with Gasteiger partial charge in [0.1, 0.15) is 5.56 Å². The Morgan fingerprint density at radius 2 is 2.27 bits per heavy atom. The molecule has 0 unspecified atom stereocenters. The molecule has 0 atom stereocenters. The third kappa shape index (κ3) is 2.23. The normalized spacial score (nSPS) is 11.7. The number of nitrogens with two attached hydrogens (primary N) is 1. The molecule has 8 heteroatoms. The van der Waals surface area contributed by atoms with Crippen molar-refractivity contribution in [1.82, 2.24) is 9.55 Å². The van der Waals surface area contributed by atoms with Crippen molar-refractivity contribution in [2.75, 3.05) is 6.61 Å². The van der Waals surface area contributed by atoms with Crippen LogP contribution in [-0.4, -0.2) is 32.3 Å². The van der Waals surface area contributed by atoms with Gasteiger partial charge in [-0.25, -0.2) is 4.79 Å². The van der Waals surface area contributed by atoms with Crippen molar-refractivity contribution >= 4 is 5.84 Å². The van der Waals surface area contributed by atoms with Crippen LogP contribution in [0.25, 0.3) is 0 Å². The zero-order valence-electron chi connectivity index (χ0n) is 7.67. The van der Waals surface area contributed by atoms with Gasteiger partial charge in [0.15, 0.2) is 5.84 Å².